The van der Waals surface area contributed by atoms with E-state index in [1.54, 1.807) is 0 Å². The molecule has 0 fully saturated rings. The molecule has 0 aromatic carbocycles. The van der Waals surface area contributed by atoms with Crippen LogP contribution in [0.3, 0.4) is 0 Å². The molecular weight excluding hydrogens is 753 g/mol. The van der Waals surface area contributed by atoms with Crippen molar-refractivity contribution < 1.29 is 61.3 Å². The maximum Gasteiger partial charge on any atom is 0.192 e. The Morgan fingerprint density at radius 2 is 0.456 bits per heavy atom. The van der Waals surface area contributed by atoms with E-state index < -0.39 is 8.32 Å². The quantitative estimate of drug-likeness (QED) is 0.0444. The van der Waals surface area contributed by atoms with Gasteiger partial charge in [0.25, 0.3) is 0 Å². The van der Waals surface area contributed by atoms with Gasteiger partial charge in [0.05, 0.1) is 159 Å². The van der Waals surface area contributed by atoms with Gasteiger partial charge in [-0.1, -0.05) is 91.9 Å². The molecule has 0 bridgehead atoms. The molecular formula is C43H90O13Si. The van der Waals surface area contributed by atoms with Crippen molar-refractivity contribution in [1.29, 1.82) is 0 Å². The van der Waals surface area contributed by atoms with E-state index in [2.05, 4.69) is 40.8 Å². The van der Waals surface area contributed by atoms with Crippen LogP contribution in [0.1, 0.15) is 98.3 Å². The molecule has 0 rings (SSSR count). The summed E-state index contributed by atoms with van der Waals surface area (Å²) >= 11 is 0. The minimum absolute atomic E-state index is 0.216. The highest BCUT2D eigenvalue weighted by Crippen LogP contribution is 2.36. The number of hydrogen-bond donors (Lipinski definition) is 0. The van der Waals surface area contributed by atoms with Gasteiger partial charge in [-0.15, -0.1) is 0 Å². The Morgan fingerprint density at radius 3 is 0.684 bits per heavy atom. The minimum Gasteiger partial charge on any atom is -0.414 e. The lowest BCUT2D eigenvalue weighted by Gasteiger charge is -2.36. The number of ether oxygens (including phenoxy) is 12. The summed E-state index contributed by atoms with van der Waals surface area (Å²) in [6, 6.07) is 0. The molecule has 0 unspecified atom stereocenters. The van der Waals surface area contributed by atoms with Crippen molar-refractivity contribution in [2.24, 2.45) is 0 Å². The first kappa shape index (κ1) is 56.7. The van der Waals surface area contributed by atoms with Gasteiger partial charge < -0.3 is 61.3 Å². The van der Waals surface area contributed by atoms with Crippen LogP contribution in [-0.2, 0) is 61.3 Å². The maximum atomic E-state index is 6.09. The Labute approximate surface area is 350 Å². The first-order valence-electron chi connectivity index (χ1n) is 22.4. The van der Waals surface area contributed by atoms with E-state index >= 15 is 0 Å². The van der Waals surface area contributed by atoms with Gasteiger partial charge in [-0.2, -0.15) is 0 Å². The normalized spacial score (nSPS) is 12.3. The monoisotopic (exact) mass is 843 g/mol. The number of unbranched alkanes of at least 4 members (excludes halogenated alkanes) is 10. The molecule has 0 aliphatic rings. The van der Waals surface area contributed by atoms with Crippen molar-refractivity contribution in [3.8, 4) is 0 Å². The number of hydrogen-bond acceptors (Lipinski definition) is 13. The van der Waals surface area contributed by atoms with Gasteiger partial charge >= 0.3 is 0 Å². The second-order valence-corrected chi connectivity index (χ2v) is 20.3. The average molecular weight is 843 g/mol. The fraction of sp³-hybridized carbons (Fsp3) is 1.00. The molecule has 0 N–H and O–H groups in total. The van der Waals surface area contributed by atoms with E-state index in [0.29, 0.717) is 159 Å². The Hall–Kier alpha value is -0.303. The van der Waals surface area contributed by atoms with Crippen molar-refractivity contribution in [3.63, 3.8) is 0 Å². The highest BCUT2D eigenvalue weighted by Gasteiger charge is 2.36. The summed E-state index contributed by atoms with van der Waals surface area (Å²) in [5.74, 6) is 0. The van der Waals surface area contributed by atoms with E-state index in [9.17, 15) is 0 Å². The summed E-state index contributed by atoms with van der Waals surface area (Å²) in [7, 11) is -1.70. The molecule has 13 nitrogen and oxygen atoms in total. The summed E-state index contributed by atoms with van der Waals surface area (Å²) in [6.07, 6.45) is 14.9. The zero-order valence-electron chi connectivity index (χ0n) is 37.8. The Balaban J connectivity index is 3.11. The average Bonchev–Trinajstić information content (AvgIpc) is 3.18. The van der Waals surface area contributed by atoms with Gasteiger partial charge in [-0.3, -0.25) is 0 Å². The SMILES string of the molecule is CCCCCCCCCCCCCOCCOCCOCCOCCOCCOCCOCCOCCOCCOCCOCCOCCO[Si](C)(C)C(C)(C)C. The lowest BCUT2D eigenvalue weighted by molar-refractivity contribution is -0.0285. The molecule has 0 heterocycles. The van der Waals surface area contributed by atoms with Crippen LogP contribution in [0, 0.1) is 0 Å². The summed E-state index contributed by atoms with van der Waals surface area (Å²) in [5, 5.41) is 0.216. The fourth-order valence-electron chi connectivity index (χ4n) is 4.96. The molecule has 0 saturated heterocycles. The smallest absolute Gasteiger partial charge is 0.192 e. The van der Waals surface area contributed by atoms with Gasteiger partial charge in [0.2, 0.25) is 0 Å². The Morgan fingerprint density at radius 1 is 0.263 bits per heavy atom. The molecule has 0 aromatic rings. The van der Waals surface area contributed by atoms with E-state index in [1.165, 1.54) is 64.2 Å². The summed E-state index contributed by atoms with van der Waals surface area (Å²) < 4.78 is 72.7. The second kappa shape index (κ2) is 45.2. The van der Waals surface area contributed by atoms with Crippen molar-refractivity contribution in [2.45, 2.75) is 116 Å². The Bertz CT molecular complexity index is 761. The van der Waals surface area contributed by atoms with Crippen LogP contribution in [-0.4, -0.2) is 173 Å². The maximum absolute atomic E-state index is 6.09. The van der Waals surface area contributed by atoms with Crippen LogP contribution in [0.15, 0.2) is 0 Å². The highest BCUT2D eigenvalue weighted by atomic mass is 28.4. The van der Waals surface area contributed by atoms with Crippen molar-refractivity contribution in [2.75, 3.05) is 165 Å². The fourth-order valence-corrected chi connectivity index (χ4v) is 5.99. The van der Waals surface area contributed by atoms with Gasteiger partial charge in [-0.25, -0.2) is 0 Å². The molecule has 0 atom stereocenters. The van der Waals surface area contributed by atoms with Gasteiger partial charge in [0.15, 0.2) is 8.32 Å². The van der Waals surface area contributed by atoms with E-state index in [-0.39, 0.29) is 5.04 Å². The molecule has 344 valence electrons. The standard InChI is InChI=1S/C43H90O13Si/c1-7-8-9-10-11-12-13-14-15-16-17-18-44-19-20-45-21-22-46-23-24-47-25-26-48-27-28-49-29-30-50-31-32-51-33-34-52-35-36-53-37-38-54-39-40-55-41-42-56-57(5,6)43(2,3)4/h7-42H2,1-6H3. The largest absolute Gasteiger partial charge is 0.414 e. The molecule has 0 spiro atoms. The third kappa shape index (κ3) is 45.1. The van der Waals surface area contributed by atoms with Crippen molar-refractivity contribution in [3.05, 3.63) is 0 Å². The zero-order valence-corrected chi connectivity index (χ0v) is 38.8. The molecule has 14 heteroatoms. The first-order valence-corrected chi connectivity index (χ1v) is 25.3. The van der Waals surface area contributed by atoms with Crippen LogP contribution in [0.2, 0.25) is 18.1 Å². The van der Waals surface area contributed by atoms with Crippen molar-refractivity contribution in [1.82, 2.24) is 0 Å². The summed E-state index contributed by atoms with van der Waals surface area (Å²) in [5.41, 5.74) is 0. The van der Waals surface area contributed by atoms with Crippen LogP contribution in [0.25, 0.3) is 0 Å². The zero-order chi connectivity index (χ0) is 41.6. The van der Waals surface area contributed by atoms with Gasteiger partial charge in [-0.05, 0) is 24.6 Å². The topological polar surface area (TPSA) is 120 Å². The minimum atomic E-state index is -1.70. The molecule has 57 heavy (non-hydrogen) atoms. The van der Waals surface area contributed by atoms with E-state index in [0.717, 1.165) is 13.0 Å². The molecule has 0 aliphatic carbocycles. The second-order valence-electron chi connectivity index (χ2n) is 15.5. The van der Waals surface area contributed by atoms with Gasteiger partial charge in [0.1, 0.15) is 0 Å². The lowest BCUT2D eigenvalue weighted by atomic mass is 10.1. The Kier molecular flexibility index (Phi) is 45.0. The van der Waals surface area contributed by atoms with Crippen LogP contribution >= 0.6 is 0 Å². The molecule has 0 saturated carbocycles. The van der Waals surface area contributed by atoms with Crippen molar-refractivity contribution >= 4 is 8.32 Å². The summed E-state index contributed by atoms with van der Waals surface area (Å²) in [4.78, 5) is 0. The van der Waals surface area contributed by atoms with Crippen LogP contribution in [0.4, 0.5) is 0 Å². The van der Waals surface area contributed by atoms with E-state index in [4.69, 9.17) is 61.3 Å². The predicted octanol–water partition coefficient (Wildman–Crippen LogP) is 7.52. The lowest BCUT2D eigenvalue weighted by Crippen LogP contribution is -2.41. The molecule has 0 aliphatic heterocycles. The molecule has 0 aromatic heterocycles. The van der Waals surface area contributed by atoms with Gasteiger partial charge in [0, 0.05) is 6.61 Å². The predicted molar refractivity (Wildman–Crippen MR) is 229 cm³/mol. The third-order valence-electron chi connectivity index (χ3n) is 9.48. The summed E-state index contributed by atoms with van der Waals surface area (Å²) in [6.45, 7) is 27.4. The molecule has 0 radical (unpaired) electrons. The first-order chi connectivity index (χ1) is 27.8. The van der Waals surface area contributed by atoms with E-state index in [1.807, 2.05) is 0 Å². The van der Waals surface area contributed by atoms with Crippen LogP contribution < -0.4 is 0 Å². The highest BCUT2D eigenvalue weighted by molar-refractivity contribution is 6.74. The van der Waals surface area contributed by atoms with Crippen LogP contribution in [0.5, 0.6) is 0 Å². The number of rotatable bonds is 49. The third-order valence-corrected chi connectivity index (χ3v) is 14.0. The molecule has 0 amide bonds.